The van der Waals surface area contributed by atoms with E-state index in [0.717, 1.165) is 23.1 Å². The van der Waals surface area contributed by atoms with Crippen molar-refractivity contribution < 1.29 is 0 Å². The van der Waals surface area contributed by atoms with Gasteiger partial charge in [0, 0.05) is 36.3 Å². The molecule has 0 saturated carbocycles. The largest absolute Gasteiger partial charge is 0.312 e. The van der Waals surface area contributed by atoms with E-state index in [0.29, 0.717) is 6.54 Å². The van der Waals surface area contributed by atoms with E-state index in [2.05, 4.69) is 5.32 Å². The Hall–Kier alpha value is -1.10. The van der Waals surface area contributed by atoms with Gasteiger partial charge in [0.15, 0.2) is 0 Å². The summed E-state index contributed by atoms with van der Waals surface area (Å²) >= 11 is 7.43. The lowest BCUT2D eigenvalue weighted by Gasteiger charge is -2.09. The van der Waals surface area contributed by atoms with Crippen LogP contribution >= 0.6 is 22.9 Å². The van der Waals surface area contributed by atoms with E-state index in [1.807, 2.05) is 25.1 Å². The monoisotopic (exact) mass is 282 g/mol. The Morgan fingerprint density at radius 2 is 2.17 bits per heavy atom. The van der Waals surface area contributed by atoms with Gasteiger partial charge in [0.1, 0.15) is 0 Å². The highest BCUT2D eigenvalue weighted by Crippen LogP contribution is 2.20. The highest BCUT2D eigenvalue weighted by atomic mass is 35.5. The van der Waals surface area contributed by atoms with Crippen LogP contribution in [0, 0.1) is 6.92 Å². The number of rotatable bonds is 5. The Morgan fingerprint density at radius 3 is 2.83 bits per heavy atom. The van der Waals surface area contributed by atoms with Gasteiger partial charge in [0.25, 0.3) is 5.56 Å². The molecular weight excluding hydrogens is 268 g/mol. The second-order valence-corrected chi connectivity index (χ2v) is 5.84. The first kappa shape index (κ1) is 13.3. The molecule has 0 aliphatic heterocycles. The maximum atomic E-state index is 11.6. The first-order valence-corrected chi connectivity index (χ1v) is 6.97. The molecule has 0 atom stereocenters. The van der Waals surface area contributed by atoms with Gasteiger partial charge < -0.3 is 9.88 Å². The molecular formula is C13H15ClN2OS. The van der Waals surface area contributed by atoms with Crippen LogP contribution in [-0.4, -0.2) is 11.1 Å². The summed E-state index contributed by atoms with van der Waals surface area (Å²) in [5, 5.41) is 3.31. The van der Waals surface area contributed by atoms with Gasteiger partial charge in [-0.25, -0.2) is 0 Å². The molecule has 2 heterocycles. The summed E-state index contributed by atoms with van der Waals surface area (Å²) in [5.41, 5.74) is 1.04. The van der Waals surface area contributed by atoms with Crippen LogP contribution in [0.25, 0.3) is 0 Å². The summed E-state index contributed by atoms with van der Waals surface area (Å²) in [6.07, 6.45) is 0. The number of aromatic nitrogens is 1. The molecule has 0 aliphatic rings. The summed E-state index contributed by atoms with van der Waals surface area (Å²) in [4.78, 5) is 12.8. The number of aryl methyl sites for hydroxylation is 1. The lowest BCUT2D eigenvalue weighted by molar-refractivity contribution is 0.577. The smallest absolute Gasteiger partial charge is 0.250 e. The van der Waals surface area contributed by atoms with Gasteiger partial charge in [0.2, 0.25) is 0 Å². The van der Waals surface area contributed by atoms with Crippen LogP contribution in [0.2, 0.25) is 4.34 Å². The topological polar surface area (TPSA) is 34.0 Å². The molecule has 0 aromatic carbocycles. The first-order valence-electron chi connectivity index (χ1n) is 5.78. The third-order valence-electron chi connectivity index (χ3n) is 2.71. The van der Waals surface area contributed by atoms with Crippen molar-refractivity contribution in [3.63, 3.8) is 0 Å². The molecule has 18 heavy (non-hydrogen) atoms. The SMILES string of the molecule is Cc1cccc(=O)n1CCNCc1ccc(Cl)s1. The van der Waals surface area contributed by atoms with Gasteiger partial charge in [-0.15, -0.1) is 11.3 Å². The summed E-state index contributed by atoms with van der Waals surface area (Å²) in [6, 6.07) is 9.23. The van der Waals surface area contributed by atoms with E-state index in [9.17, 15) is 4.79 Å². The van der Waals surface area contributed by atoms with Crippen molar-refractivity contribution >= 4 is 22.9 Å². The lowest BCUT2D eigenvalue weighted by Crippen LogP contribution is -2.27. The predicted molar refractivity (Wildman–Crippen MR) is 76.5 cm³/mol. The number of nitrogens with one attached hydrogen (secondary N) is 1. The van der Waals surface area contributed by atoms with Crippen molar-refractivity contribution in [2.75, 3.05) is 6.54 Å². The fraction of sp³-hybridized carbons (Fsp3) is 0.308. The average molecular weight is 283 g/mol. The van der Waals surface area contributed by atoms with E-state index in [4.69, 9.17) is 11.6 Å². The third-order valence-corrected chi connectivity index (χ3v) is 3.94. The molecule has 0 radical (unpaired) electrons. The number of hydrogen-bond donors (Lipinski definition) is 1. The first-order chi connectivity index (χ1) is 8.66. The second-order valence-electron chi connectivity index (χ2n) is 4.04. The molecule has 0 fully saturated rings. The van der Waals surface area contributed by atoms with Crippen LogP contribution in [0.3, 0.4) is 0 Å². The van der Waals surface area contributed by atoms with Crippen LogP contribution in [-0.2, 0) is 13.1 Å². The normalized spacial score (nSPS) is 10.8. The molecule has 0 aliphatic carbocycles. The molecule has 5 heteroatoms. The van der Waals surface area contributed by atoms with Crippen LogP contribution in [0.4, 0.5) is 0 Å². The van der Waals surface area contributed by atoms with Gasteiger partial charge in [-0.3, -0.25) is 4.79 Å². The minimum Gasteiger partial charge on any atom is -0.312 e. The molecule has 3 nitrogen and oxygen atoms in total. The Bertz CT molecular complexity index is 576. The predicted octanol–water partition coefficient (Wildman–Crippen LogP) is 2.66. The fourth-order valence-corrected chi connectivity index (χ4v) is 2.82. The summed E-state index contributed by atoms with van der Waals surface area (Å²) in [7, 11) is 0. The van der Waals surface area contributed by atoms with Gasteiger partial charge in [-0.05, 0) is 25.1 Å². The molecule has 2 rings (SSSR count). The minimum absolute atomic E-state index is 0.0518. The highest BCUT2D eigenvalue weighted by Gasteiger charge is 2.00. The Labute approximate surface area is 115 Å². The van der Waals surface area contributed by atoms with E-state index in [1.165, 1.54) is 4.88 Å². The number of pyridine rings is 1. The van der Waals surface area contributed by atoms with Gasteiger partial charge in [0.05, 0.1) is 4.34 Å². The summed E-state index contributed by atoms with van der Waals surface area (Å²) in [5.74, 6) is 0. The molecule has 0 bridgehead atoms. The number of halogens is 1. The summed E-state index contributed by atoms with van der Waals surface area (Å²) in [6.45, 7) is 4.18. The number of thiophene rings is 1. The maximum Gasteiger partial charge on any atom is 0.250 e. The highest BCUT2D eigenvalue weighted by molar-refractivity contribution is 7.16. The van der Waals surface area contributed by atoms with E-state index < -0.39 is 0 Å². The standard InChI is InChI=1S/C13H15ClN2OS/c1-10-3-2-4-13(17)16(10)8-7-15-9-11-5-6-12(14)18-11/h2-6,15H,7-9H2,1H3. The van der Waals surface area contributed by atoms with Crippen molar-refractivity contribution in [3.05, 3.63) is 55.6 Å². The molecule has 2 aromatic heterocycles. The van der Waals surface area contributed by atoms with E-state index in [1.54, 1.807) is 28.0 Å². The second kappa shape index (κ2) is 6.18. The van der Waals surface area contributed by atoms with Crippen molar-refractivity contribution in [2.24, 2.45) is 0 Å². The summed E-state index contributed by atoms with van der Waals surface area (Å²) < 4.78 is 2.58. The zero-order valence-corrected chi connectivity index (χ0v) is 11.7. The van der Waals surface area contributed by atoms with E-state index >= 15 is 0 Å². The molecule has 96 valence electrons. The zero-order chi connectivity index (χ0) is 13.0. The van der Waals surface area contributed by atoms with E-state index in [-0.39, 0.29) is 5.56 Å². The quantitative estimate of drug-likeness (QED) is 0.856. The molecule has 0 unspecified atom stereocenters. The molecule has 0 saturated heterocycles. The Morgan fingerprint density at radius 1 is 1.33 bits per heavy atom. The van der Waals surface area contributed by atoms with Crippen LogP contribution in [0.5, 0.6) is 0 Å². The Balaban J connectivity index is 1.84. The van der Waals surface area contributed by atoms with Gasteiger partial charge in [-0.2, -0.15) is 0 Å². The third kappa shape index (κ3) is 3.45. The van der Waals surface area contributed by atoms with Crippen molar-refractivity contribution in [3.8, 4) is 0 Å². The molecule has 2 aromatic rings. The molecule has 1 N–H and O–H groups in total. The zero-order valence-electron chi connectivity index (χ0n) is 10.1. The van der Waals surface area contributed by atoms with Crippen molar-refractivity contribution in [1.29, 1.82) is 0 Å². The van der Waals surface area contributed by atoms with Crippen molar-refractivity contribution in [2.45, 2.75) is 20.0 Å². The average Bonchev–Trinajstić information content (AvgIpc) is 2.73. The van der Waals surface area contributed by atoms with Gasteiger partial charge in [-0.1, -0.05) is 17.7 Å². The van der Waals surface area contributed by atoms with Gasteiger partial charge >= 0.3 is 0 Å². The lowest BCUT2D eigenvalue weighted by atomic mass is 10.3. The molecule has 0 spiro atoms. The number of nitrogens with zero attached hydrogens (tertiary/aromatic N) is 1. The van der Waals surface area contributed by atoms with Crippen LogP contribution in [0.1, 0.15) is 10.6 Å². The fourth-order valence-electron chi connectivity index (χ4n) is 1.76. The maximum absolute atomic E-state index is 11.6. The van der Waals surface area contributed by atoms with Crippen LogP contribution < -0.4 is 10.9 Å². The van der Waals surface area contributed by atoms with Crippen molar-refractivity contribution in [1.82, 2.24) is 9.88 Å². The Kier molecular flexibility index (Phi) is 4.58. The van der Waals surface area contributed by atoms with Crippen LogP contribution in [0.15, 0.2) is 35.1 Å². The molecule has 0 amide bonds. The number of hydrogen-bond acceptors (Lipinski definition) is 3. The minimum atomic E-state index is 0.0518.